The summed E-state index contributed by atoms with van der Waals surface area (Å²) in [5.74, 6) is 0. The normalized spacial score (nSPS) is 14.4. The van der Waals surface area contributed by atoms with Crippen molar-refractivity contribution in [2.75, 3.05) is 26.2 Å². The summed E-state index contributed by atoms with van der Waals surface area (Å²) in [6.07, 6.45) is 7.92. The van der Waals surface area contributed by atoms with E-state index in [-0.39, 0.29) is 0 Å². The van der Waals surface area contributed by atoms with E-state index in [0.717, 1.165) is 34.0 Å². The first-order chi connectivity index (χ1) is 13.3. The van der Waals surface area contributed by atoms with Crippen molar-refractivity contribution in [2.45, 2.75) is 12.8 Å². The lowest BCUT2D eigenvalue weighted by Crippen LogP contribution is -2.25. The lowest BCUT2D eigenvalue weighted by Gasteiger charge is -2.14. The second-order valence-corrected chi connectivity index (χ2v) is 7.03. The third-order valence-electron chi connectivity index (χ3n) is 4.70. The van der Waals surface area contributed by atoms with Gasteiger partial charge in [-0.25, -0.2) is 9.97 Å². The standard InChI is InChI=1S/C21H21ClN4O/c22-19-6-3-16(4-7-19)17-5-8-20(23-13-17)18-14-24-21(25-15-18)27-12-11-26-9-1-2-10-26/h3-8,13-15H,1-2,9-12H2. The minimum atomic E-state index is 0.413. The zero-order valence-electron chi connectivity index (χ0n) is 15.0. The van der Waals surface area contributed by atoms with Gasteiger partial charge >= 0.3 is 6.01 Å². The van der Waals surface area contributed by atoms with Crippen LogP contribution in [0.25, 0.3) is 22.4 Å². The van der Waals surface area contributed by atoms with E-state index in [1.54, 1.807) is 12.4 Å². The number of aromatic nitrogens is 3. The molecule has 6 heteroatoms. The van der Waals surface area contributed by atoms with Gasteiger partial charge in [-0.3, -0.25) is 9.88 Å². The smallest absolute Gasteiger partial charge is 0.316 e. The molecule has 1 fully saturated rings. The number of benzene rings is 1. The van der Waals surface area contributed by atoms with Crippen LogP contribution in [0.3, 0.4) is 0 Å². The van der Waals surface area contributed by atoms with Crippen LogP contribution in [-0.4, -0.2) is 46.1 Å². The van der Waals surface area contributed by atoms with Crippen molar-refractivity contribution in [3.05, 3.63) is 60.0 Å². The minimum Gasteiger partial charge on any atom is -0.462 e. The first-order valence-corrected chi connectivity index (χ1v) is 9.55. The van der Waals surface area contributed by atoms with Gasteiger partial charge in [0, 0.05) is 41.3 Å². The van der Waals surface area contributed by atoms with Gasteiger partial charge in [0.2, 0.25) is 0 Å². The fourth-order valence-corrected chi connectivity index (χ4v) is 3.30. The summed E-state index contributed by atoms with van der Waals surface area (Å²) in [5.41, 5.74) is 3.82. The second kappa shape index (κ2) is 8.46. The van der Waals surface area contributed by atoms with Gasteiger partial charge in [-0.2, -0.15) is 0 Å². The van der Waals surface area contributed by atoms with Crippen LogP contribution in [-0.2, 0) is 0 Å². The molecule has 0 amide bonds. The van der Waals surface area contributed by atoms with Gasteiger partial charge in [-0.15, -0.1) is 0 Å². The fourth-order valence-electron chi connectivity index (χ4n) is 3.17. The Morgan fingerprint density at radius 2 is 1.48 bits per heavy atom. The number of nitrogens with zero attached hydrogens (tertiary/aromatic N) is 4. The molecule has 0 atom stereocenters. The maximum absolute atomic E-state index is 5.94. The van der Waals surface area contributed by atoms with E-state index < -0.39 is 0 Å². The Hall–Kier alpha value is -2.50. The molecular formula is C21H21ClN4O. The molecule has 138 valence electrons. The van der Waals surface area contributed by atoms with Crippen molar-refractivity contribution in [1.82, 2.24) is 19.9 Å². The van der Waals surface area contributed by atoms with E-state index in [1.165, 1.54) is 25.9 Å². The lowest BCUT2D eigenvalue weighted by atomic mass is 10.1. The van der Waals surface area contributed by atoms with Gasteiger partial charge in [-0.1, -0.05) is 29.8 Å². The molecule has 1 aromatic carbocycles. The number of rotatable bonds is 6. The predicted molar refractivity (Wildman–Crippen MR) is 107 cm³/mol. The van der Waals surface area contributed by atoms with Crippen molar-refractivity contribution in [2.24, 2.45) is 0 Å². The summed E-state index contributed by atoms with van der Waals surface area (Å²) in [7, 11) is 0. The molecule has 0 saturated carbocycles. The van der Waals surface area contributed by atoms with Crippen molar-refractivity contribution < 1.29 is 4.74 Å². The van der Waals surface area contributed by atoms with Crippen LogP contribution < -0.4 is 4.74 Å². The molecule has 0 radical (unpaired) electrons. The highest BCUT2D eigenvalue weighted by Crippen LogP contribution is 2.23. The molecule has 3 aromatic rings. The molecule has 1 aliphatic rings. The van der Waals surface area contributed by atoms with Crippen LogP contribution in [0, 0.1) is 0 Å². The molecule has 4 rings (SSSR count). The van der Waals surface area contributed by atoms with Crippen molar-refractivity contribution in [1.29, 1.82) is 0 Å². The summed E-state index contributed by atoms with van der Waals surface area (Å²) < 4.78 is 5.65. The van der Waals surface area contributed by atoms with Crippen molar-refractivity contribution >= 4 is 11.6 Å². The van der Waals surface area contributed by atoms with E-state index in [1.807, 2.05) is 42.6 Å². The number of hydrogen-bond acceptors (Lipinski definition) is 5. The maximum Gasteiger partial charge on any atom is 0.316 e. The van der Waals surface area contributed by atoms with Gasteiger partial charge in [0.15, 0.2) is 0 Å². The minimum absolute atomic E-state index is 0.413. The van der Waals surface area contributed by atoms with Gasteiger partial charge in [0.25, 0.3) is 0 Å². The first-order valence-electron chi connectivity index (χ1n) is 9.17. The van der Waals surface area contributed by atoms with Gasteiger partial charge in [0.05, 0.1) is 5.69 Å². The first kappa shape index (κ1) is 17.9. The molecular weight excluding hydrogens is 360 g/mol. The van der Waals surface area contributed by atoms with Crippen LogP contribution in [0.15, 0.2) is 55.0 Å². The SMILES string of the molecule is Clc1ccc(-c2ccc(-c3cnc(OCCN4CCCC4)nc3)nc2)cc1. The van der Waals surface area contributed by atoms with Crippen LogP contribution in [0.5, 0.6) is 6.01 Å². The third kappa shape index (κ3) is 4.62. The highest BCUT2D eigenvalue weighted by atomic mass is 35.5. The van der Waals surface area contributed by atoms with Crippen molar-refractivity contribution in [3.8, 4) is 28.4 Å². The maximum atomic E-state index is 5.94. The fraction of sp³-hybridized carbons (Fsp3) is 0.286. The Labute approximate surface area is 164 Å². The molecule has 1 saturated heterocycles. The van der Waals surface area contributed by atoms with Crippen LogP contribution in [0.1, 0.15) is 12.8 Å². The van der Waals surface area contributed by atoms with Crippen LogP contribution in [0.4, 0.5) is 0 Å². The zero-order valence-corrected chi connectivity index (χ0v) is 15.8. The van der Waals surface area contributed by atoms with Gasteiger partial charge < -0.3 is 4.74 Å². The number of likely N-dealkylation sites (tertiary alicyclic amines) is 1. The second-order valence-electron chi connectivity index (χ2n) is 6.59. The summed E-state index contributed by atoms with van der Waals surface area (Å²) in [6.45, 7) is 3.88. The van der Waals surface area contributed by atoms with E-state index in [9.17, 15) is 0 Å². The molecule has 0 spiro atoms. The summed E-state index contributed by atoms with van der Waals surface area (Å²) >= 11 is 5.94. The Morgan fingerprint density at radius 3 is 2.15 bits per heavy atom. The van der Waals surface area contributed by atoms with Crippen LogP contribution >= 0.6 is 11.6 Å². The largest absolute Gasteiger partial charge is 0.462 e. The summed E-state index contributed by atoms with van der Waals surface area (Å²) in [4.78, 5) is 15.5. The van der Waals surface area contributed by atoms with E-state index >= 15 is 0 Å². The summed E-state index contributed by atoms with van der Waals surface area (Å²) in [6, 6.07) is 12.1. The molecule has 27 heavy (non-hydrogen) atoms. The molecule has 3 heterocycles. The van der Waals surface area contributed by atoms with Crippen molar-refractivity contribution in [3.63, 3.8) is 0 Å². The van der Waals surface area contributed by atoms with E-state index in [4.69, 9.17) is 16.3 Å². The molecule has 0 bridgehead atoms. The average molecular weight is 381 g/mol. The zero-order chi connectivity index (χ0) is 18.5. The average Bonchev–Trinajstić information content (AvgIpc) is 3.23. The molecule has 2 aromatic heterocycles. The molecule has 1 aliphatic heterocycles. The molecule has 0 unspecified atom stereocenters. The molecule has 0 N–H and O–H groups in total. The van der Waals surface area contributed by atoms with Gasteiger partial charge in [-0.05, 0) is 49.7 Å². The van der Waals surface area contributed by atoms with Crippen LogP contribution in [0.2, 0.25) is 5.02 Å². The van der Waals surface area contributed by atoms with E-state index in [0.29, 0.717) is 12.6 Å². The van der Waals surface area contributed by atoms with E-state index in [2.05, 4.69) is 19.9 Å². The number of halogens is 1. The lowest BCUT2D eigenvalue weighted by molar-refractivity contribution is 0.225. The number of pyridine rings is 1. The summed E-state index contributed by atoms with van der Waals surface area (Å²) in [5, 5.41) is 0.725. The highest BCUT2D eigenvalue weighted by Gasteiger charge is 2.11. The topological polar surface area (TPSA) is 51.1 Å². The monoisotopic (exact) mass is 380 g/mol. The highest BCUT2D eigenvalue weighted by molar-refractivity contribution is 6.30. The predicted octanol–water partition coefficient (Wildman–Crippen LogP) is 4.33. The Morgan fingerprint density at radius 1 is 0.815 bits per heavy atom. The molecule has 5 nitrogen and oxygen atoms in total. The Kier molecular flexibility index (Phi) is 5.61. The molecule has 0 aliphatic carbocycles. The van der Waals surface area contributed by atoms with Gasteiger partial charge in [0.1, 0.15) is 6.61 Å². The third-order valence-corrected chi connectivity index (χ3v) is 4.95. The quantitative estimate of drug-likeness (QED) is 0.637. The number of ether oxygens (including phenoxy) is 1. The number of hydrogen-bond donors (Lipinski definition) is 0. The Bertz CT molecular complexity index is 860. The Balaban J connectivity index is 1.37.